The Balaban J connectivity index is 1.76. The summed E-state index contributed by atoms with van der Waals surface area (Å²) in [6.45, 7) is 0.722. The van der Waals surface area contributed by atoms with Crippen LogP contribution < -0.4 is 5.32 Å². The molecule has 0 aliphatic rings. The van der Waals surface area contributed by atoms with Gasteiger partial charge in [0, 0.05) is 24.3 Å². The van der Waals surface area contributed by atoms with Crippen molar-refractivity contribution in [2.45, 2.75) is 6.54 Å². The largest absolute Gasteiger partial charge is 0.464 e. The first-order valence-electron chi connectivity index (χ1n) is 5.38. The zero-order valence-corrected chi connectivity index (χ0v) is 9.13. The number of nitrogens with zero attached hydrogens (tertiary/aromatic N) is 2. The highest BCUT2D eigenvalue weighted by Gasteiger charge is 1.99. The second-order valence-electron chi connectivity index (χ2n) is 3.74. The van der Waals surface area contributed by atoms with E-state index in [2.05, 4.69) is 21.4 Å². The minimum Gasteiger partial charge on any atom is -0.464 e. The maximum Gasteiger partial charge on any atom is 0.144 e. The standard InChI is InChI=1S/C13H11N3O/c1-2-12-11(3-6-17-12)7-10(1)8-16-13-9-14-4-5-15-13/h1-7,9H,8H2,(H,15,16). The van der Waals surface area contributed by atoms with E-state index in [0.717, 1.165) is 23.3 Å². The van der Waals surface area contributed by atoms with Crippen LogP contribution in [0.1, 0.15) is 5.56 Å². The molecule has 4 nitrogen and oxygen atoms in total. The van der Waals surface area contributed by atoms with Crippen LogP contribution in [0.25, 0.3) is 11.0 Å². The molecule has 1 N–H and O–H groups in total. The Labute approximate surface area is 98.3 Å². The highest BCUT2D eigenvalue weighted by atomic mass is 16.3. The molecule has 0 saturated carbocycles. The highest BCUT2D eigenvalue weighted by molar-refractivity contribution is 5.77. The lowest BCUT2D eigenvalue weighted by Crippen LogP contribution is -2.01. The van der Waals surface area contributed by atoms with Crippen molar-refractivity contribution in [3.63, 3.8) is 0 Å². The molecule has 1 aromatic carbocycles. The lowest BCUT2D eigenvalue weighted by atomic mass is 10.1. The van der Waals surface area contributed by atoms with E-state index in [9.17, 15) is 0 Å². The first kappa shape index (κ1) is 9.84. The average molecular weight is 225 g/mol. The van der Waals surface area contributed by atoms with Crippen molar-refractivity contribution in [2.75, 3.05) is 5.32 Å². The van der Waals surface area contributed by atoms with Crippen molar-refractivity contribution in [1.82, 2.24) is 9.97 Å². The van der Waals surface area contributed by atoms with E-state index >= 15 is 0 Å². The van der Waals surface area contributed by atoms with E-state index in [1.165, 1.54) is 5.56 Å². The molecular formula is C13H11N3O. The fourth-order valence-corrected chi connectivity index (χ4v) is 1.71. The van der Waals surface area contributed by atoms with Gasteiger partial charge in [0.05, 0.1) is 12.5 Å². The second-order valence-corrected chi connectivity index (χ2v) is 3.74. The molecule has 2 aromatic heterocycles. The Hall–Kier alpha value is -2.36. The molecule has 3 rings (SSSR count). The predicted molar refractivity (Wildman–Crippen MR) is 65.6 cm³/mol. The van der Waals surface area contributed by atoms with Crippen LogP contribution >= 0.6 is 0 Å². The maximum atomic E-state index is 5.29. The number of furan rings is 1. The molecule has 0 spiro atoms. The van der Waals surface area contributed by atoms with Crippen LogP contribution in [0.2, 0.25) is 0 Å². The molecule has 4 heteroatoms. The average Bonchev–Trinajstić information content (AvgIpc) is 2.85. The first-order chi connectivity index (χ1) is 8.42. The van der Waals surface area contributed by atoms with Gasteiger partial charge >= 0.3 is 0 Å². The van der Waals surface area contributed by atoms with Crippen LogP contribution in [0.3, 0.4) is 0 Å². The van der Waals surface area contributed by atoms with Gasteiger partial charge in [0.2, 0.25) is 0 Å². The maximum absolute atomic E-state index is 5.29. The number of fused-ring (bicyclic) bond motifs is 1. The van der Waals surface area contributed by atoms with E-state index in [-0.39, 0.29) is 0 Å². The molecule has 0 atom stereocenters. The number of anilines is 1. The van der Waals surface area contributed by atoms with Crippen molar-refractivity contribution >= 4 is 16.8 Å². The Morgan fingerprint density at radius 2 is 2.18 bits per heavy atom. The van der Waals surface area contributed by atoms with Crippen molar-refractivity contribution in [2.24, 2.45) is 0 Å². The number of hydrogen-bond donors (Lipinski definition) is 1. The Kier molecular flexibility index (Phi) is 2.46. The Bertz CT molecular complexity index is 619. The predicted octanol–water partition coefficient (Wildman–Crippen LogP) is 2.83. The zero-order valence-electron chi connectivity index (χ0n) is 9.13. The van der Waals surface area contributed by atoms with Crippen LogP contribution in [0.4, 0.5) is 5.82 Å². The monoisotopic (exact) mass is 225 g/mol. The third kappa shape index (κ3) is 2.10. The van der Waals surface area contributed by atoms with Gasteiger partial charge in [0.15, 0.2) is 0 Å². The van der Waals surface area contributed by atoms with Gasteiger partial charge < -0.3 is 9.73 Å². The molecule has 0 amide bonds. The minimum absolute atomic E-state index is 0.722. The topological polar surface area (TPSA) is 51.0 Å². The summed E-state index contributed by atoms with van der Waals surface area (Å²) < 4.78 is 5.29. The van der Waals surface area contributed by atoms with E-state index in [4.69, 9.17) is 4.42 Å². The summed E-state index contributed by atoms with van der Waals surface area (Å²) in [6, 6.07) is 8.07. The van der Waals surface area contributed by atoms with Gasteiger partial charge in [-0.1, -0.05) is 6.07 Å². The van der Waals surface area contributed by atoms with Crippen molar-refractivity contribution in [3.05, 3.63) is 54.7 Å². The van der Waals surface area contributed by atoms with Gasteiger partial charge in [0.25, 0.3) is 0 Å². The van der Waals surface area contributed by atoms with Crippen LogP contribution in [-0.2, 0) is 6.54 Å². The molecule has 0 radical (unpaired) electrons. The third-order valence-corrected chi connectivity index (χ3v) is 2.55. The molecule has 0 fully saturated rings. The zero-order chi connectivity index (χ0) is 11.5. The van der Waals surface area contributed by atoms with Crippen LogP contribution in [0, 0.1) is 0 Å². The fraction of sp³-hybridized carbons (Fsp3) is 0.0769. The van der Waals surface area contributed by atoms with Gasteiger partial charge in [-0.3, -0.25) is 4.98 Å². The van der Waals surface area contributed by atoms with E-state index in [1.807, 2.05) is 18.2 Å². The Morgan fingerprint density at radius 1 is 1.18 bits per heavy atom. The normalized spacial score (nSPS) is 10.6. The highest BCUT2D eigenvalue weighted by Crippen LogP contribution is 2.17. The smallest absolute Gasteiger partial charge is 0.144 e. The van der Waals surface area contributed by atoms with Crippen LogP contribution in [0.15, 0.2) is 53.5 Å². The van der Waals surface area contributed by atoms with Crippen molar-refractivity contribution < 1.29 is 4.42 Å². The molecule has 0 aliphatic heterocycles. The van der Waals surface area contributed by atoms with Crippen molar-refractivity contribution in [1.29, 1.82) is 0 Å². The lowest BCUT2D eigenvalue weighted by Gasteiger charge is -2.04. The molecule has 0 unspecified atom stereocenters. The number of benzene rings is 1. The molecule has 84 valence electrons. The van der Waals surface area contributed by atoms with E-state index in [1.54, 1.807) is 24.9 Å². The summed E-state index contributed by atoms with van der Waals surface area (Å²) in [4.78, 5) is 8.15. The molecule has 17 heavy (non-hydrogen) atoms. The molecule has 2 heterocycles. The van der Waals surface area contributed by atoms with Crippen LogP contribution in [-0.4, -0.2) is 9.97 Å². The summed E-state index contributed by atoms with van der Waals surface area (Å²) in [5, 5.41) is 4.33. The van der Waals surface area contributed by atoms with E-state index in [0.29, 0.717) is 0 Å². The summed E-state index contributed by atoms with van der Waals surface area (Å²) in [5.74, 6) is 0.778. The first-order valence-corrected chi connectivity index (χ1v) is 5.38. The molecular weight excluding hydrogens is 214 g/mol. The van der Waals surface area contributed by atoms with Gasteiger partial charge in [-0.15, -0.1) is 0 Å². The molecule has 0 bridgehead atoms. The summed E-state index contributed by atoms with van der Waals surface area (Å²) in [6.07, 6.45) is 6.73. The lowest BCUT2D eigenvalue weighted by molar-refractivity contribution is 0.616. The summed E-state index contributed by atoms with van der Waals surface area (Å²) >= 11 is 0. The summed E-state index contributed by atoms with van der Waals surface area (Å²) in [7, 11) is 0. The number of hydrogen-bond acceptors (Lipinski definition) is 4. The minimum atomic E-state index is 0.722. The quantitative estimate of drug-likeness (QED) is 0.744. The van der Waals surface area contributed by atoms with Gasteiger partial charge in [0.1, 0.15) is 11.4 Å². The van der Waals surface area contributed by atoms with Gasteiger partial charge in [-0.25, -0.2) is 4.98 Å². The van der Waals surface area contributed by atoms with Gasteiger partial charge in [-0.05, 0) is 23.8 Å². The number of nitrogens with one attached hydrogen (secondary N) is 1. The Morgan fingerprint density at radius 3 is 3.06 bits per heavy atom. The third-order valence-electron chi connectivity index (χ3n) is 2.55. The van der Waals surface area contributed by atoms with Crippen LogP contribution in [0.5, 0.6) is 0 Å². The SMILES string of the molecule is c1cnc(NCc2ccc3occc3c2)cn1. The molecule has 0 saturated heterocycles. The molecule has 0 aliphatic carbocycles. The fourth-order valence-electron chi connectivity index (χ4n) is 1.71. The molecule has 3 aromatic rings. The number of aromatic nitrogens is 2. The van der Waals surface area contributed by atoms with Gasteiger partial charge in [-0.2, -0.15) is 0 Å². The second kappa shape index (κ2) is 4.25. The van der Waals surface area contributed by atoms with Crippen molar-refractivity contribution in [3.8, 4) is 0 Å². The summed E-state index contributed by atoms with van der Waals surface area (Å²) in [5.41, 5.74) is 2.10. The van der Waals surface area contributed by atoms with E-state index < -0.39 is 0 Å². The number of rotatable bonds is 3.